The van der Waals surface area contributed by atoms with Crippen molar-refractivity contribution >= 4 is 80.1 Å². The molecule has 7 rings (SSSR count). The first-order chi connectivity index (χ1) is 23.4. The minimum Gasteiger partial charge on any atom is -0.194 e. The van der Waals surface area contributed by atoms with Gasteiger partial charge in [0.25, 0.3) is 0 Å². The molecule has 6 aromatic rings. The summed E-state index contributed by atoms with van der Waals surface area (Å²) in [6.45, 7) is 3.08. The molecule has 0 bridgehead atoms. The Labute approximate surface area is 291 Å². The van der Waals surface area contributed by atoms with Gasteiger partial charge in [-0.3, -0.25) is 0 Å². The van der Waals surface area contributed by atoms with Gasteiger partial charge in [-0.25, -0.2) is 0 Å². The van der Waals surface area contributed by atoms with Gasteiger partial charge in [0.2, 0.25) is 0 Å². The fourth-order valence-corrected chi connectivity index (χ4v) is 14.5. The molecule has 0 unspecified atom stereocenters. The lowest BCUT2D eigenvalue weighted by molar-refractivity contribution is -0.254. The van der Waals surface area contributed by atoms with Crippen LogP contribution in [0.15, 0.2) is 133 Å². The van der Waals surface area contributed by atoms with Gasteiger partial charge in [-0.1, -0.05) is 121 Å². The van der Waals surface area contributed by atoms with E-state index < -0.39 is 44.8 Å². The van der Waals surface area contributed by atoms with Gasteiger partial charge in [0.05, 0.1) is 0 Å². The van der Waals surface area contributed by atoms with Crippen molar-refractivity contribution in [2.24, 2.45) is 0 Å². The number of hydrogen-bond acceptors (Lipinski definition) is 2. The van der Waals surface area contributed by atoms with Crippen LogP contribution in [0.5, 0.6) is 0 Å². The standard InChI is InChI=1S/C39H28F6P2S2/c1-25-31(23-33(48-25)46(27-15-7-3-8-16-27)28-17-9-4-10-18-28)35-36(38(42,43)39(44,45)37(35,40)41)32-24-34(49-26(32)2)47(29-19-11-5-12-20-29)30-21-13-6-14-22-30/h3-24H,1-2H3. The van der Waals surface area contributed by atoms with Gasteiger partial charge in [0.15, 0.2) is 0 Å². The lowest BCUT2D eigenvalue weighted by Crippen LogP contribution is -2.48. The van der Waals surface area contributed by atoms with Gasteiger partial charge in [0.1, 0.15) is 0 Å². The van der Waals surface area contributed by atoms with E-state index >= 15 is 26.3 Å². The Balaban J connectivity index is 1.45. The van der Waals surface area contributed by atoms with Crippen LogP contribution in [0, 0.1) is 13.8 Å². The molecule has 0 N–H and O–H groups in total. The fourth-order valence-electron chi connectivity index (χ4n) is 6.20. The Bertz CT molecular complexity index is 1900. The zero-order chi connectivity index (χ0) is 34.6. The van der Waals surface area contributed by atoms with Crippen molar-refractivity contribution in [2.75, 3.05) is 0 Å². The topological polar surface area (TPSA) is 0 Å². The molecule has 4 aromatic carbocycles. The molecule has 0 fully saturated rings. The Morgan fingerprint density at radius 1 is 0.429 bits per heavy atom. The van der Waals surface area contributed by atoms with Crippen LogP contribution in [0.1, 0.15) is 20.9 Å². The Morgan fingerprint density at radius 3 is 0.959 bits per heavy atom. The minimum atomic E-state index is -5.64. The van der Waals surface area contributed by atoms with E-state index in [1.54, 1.807) is 0 Å². The summed E-state index contributed by atoms with van der Waals surface area (Å²) in [4.78, 5) is 0.554. The monoisotopic (exact) mass is 736 g/mol. The summed E-state index contributed by atoms with van der Waals surface area (Å²) < 4.78 is 96.7. The van der Waals surface area contributed by atoms with Crippen LogP contribution in [0.25, 0.3) is 11.1 Å². The smallest absolute Gasteiger partial charge is 0.194 e. The first kappa shape index (κ1) is 33.9. The largest absolute Gasteiger partial charge is 0.380 e. The lowest BCUT2D eigenvalue weighted by atomic mass is 9.96. The van der Waals surface area contributed by atoms with E-state index in [1.165, 1.54) is 48.7 Å². The van der Waals surface area contributed by atoms with E-state index in [-0.39, 0.29) is 20.9 Å². The predicted octanol–water partition coefficient (Wildman–Crippen LogP) is 9.77. The second-order valence-corrected chi connectivity index (χ2v) is 19.1. The Kier molecular flexibility index (Phi) is 8.98. The quantitative estimate of drug-likeness (QED) is 0.108. The maximum atomic E-state index is 16.1. The molecule has 0 aliphatic heterocycles. The van der Waals surface area contributed by atoms with Gasteiger partial charge in [0, 0.05) is 30.1 Å². The number of thiophene rings is 2. The van der Waals surface area contributed by atoms with Crippen molar-refractivity contribution in [2.45, 2.75) is 31.6 Å². The van der Waals surface area contributed by atoms with Crippen LogP contribution in [0.3, 0.4) is 0 Å². The Hall–Kier alpha value is -3.54. The Morgan fingerprint density at radius 2 is 0.694 bits per heavy atom. The van der Waals surface area contributed by atoms with Crippen LogP contribution >= 0.6 is 38.5 Å². The van der Waals surface area contributed by atoms with Crippen molar-refractivity contribution in [1.29, 1.82) is 0 Å². The van der Waals surface area contributed by atoms with E-state index in [9.17, 15) is 0 Å². The summed E-state index contributed by atoms with van der Waals surface area (Å²) in [5, 5.41) is 3.70. The van der Waals surface area contributed by atoms with Crippen LogP contribution in [0.2, 0.25) is 0 Å². The summed E-state index contributed by atoms with van der Waals surface area (Å²) in [7, 11) is -2.57. The highest BCUT2D eigenvalue weighted by molar-refractivity contribution is 7.84. The van der Waals surface area contributed by atoms with E-state index in [2.05, 4.69) is 0 Å². The summed E-state index contributed by atoms with van der Waals surface area (Å²) in [6.07, 6.45) is 0. The number of halogens is 6. The molecule has 0 amide bonds. The average Bonchev–Trinajstić information content (AvgIpc) is 3.68. The first-order valence-corrected chi connectivity index (χ1v) is 19.7. The molecule has 248 valence electrons. The van der Waals surface area contributed by atoms with Crippen molar-refractivity contribution < 1.29 is 26.3 Å². The van der Waals surface area contributed by atoms with E-state index in [0.29, 0.717) is 9.24 Å². The first-order valence-electron chi connectivity index (χ1n) is 15.3. The van der Waals surface area contributed by atoms with Crippen molar-refractivity contribution in [3.63, 3.8) is 0 Å². The zero-order valence-corrected chi connectivity index (χ0v) is 29.6. The molecule has 0 atom stereocenters. The summed E-state index contributed by atoms with van der Waals surface area (Å²) >= 11 is 2.37. The van der Waals surface area contributed by atoms with Gasteiger partial charge >= 0.3 is 17.8 Å². The van der Waals surface area contributed by atoms with E-state index in [1.807, 2.05) is 121 Å². The number of alkyl halides is 6. The number of allylic oxidation sites excluding steroid dienone is 2. The van der Waals surface area contributed by atoms with Crippen molar-refractivity contribution in [1.82, 2.24) is 0 Å². The summed E-state index contributed by atoms with van der Waals surface area (Å²) in [5.74, 6) is -15.9. The molecule has 0 spiro atoms. The molecule has 0 saturated carbocycles. The molecule has 1 aliphatic rings. The molecule has 49 heavy (non-hydrogen) atoms. The second kappa shape index (κ2) is 13.0. The summed E-state index contributed by atoms with van der Waals surface area (Å²) in [6, 6.07) is 40.8. The number of rotatable bonds is 8. The molecular formula is C39H28F6P2S2. The van der Waals surface area contributed by atoms with Gasteiger partial charge in [-0.15, -0.1) is 22.7 Å². The molecule has 0 saturated heterocycles. The SMILES string of the molecule is Cc1sc(P(c2ccccc2)c2ccccc2)cc1C1=C(c2cc(P(c3ccccc3)c3ccccc3)sc2C)C(F)(F)C(F)(F)C1(F)F. The molecular weight excluding hydrogens is 708 g/mol. The predicted molar refractivity (Wildman–Crippen MR) is 197 cm³/mol. The number of benzene rings is 4. The van der Waals surface area contributed by atoms with Crippen molar-refractivity contribution in [3.8, 4) is 0 Å². The van der Waals surface area contributed by atoms with Crippen LogP contribution in [-0.4, -0.2) is 17.8 Å². The van der Waals surface area contributed by atoms with E-state index in [0.717, 1.165) is 21.2 Å². The highest BCUT2D eigenvalue weighted by Gasteiger charge is 2.80. The third-order valence-corrected chi connectivity index (χ3v) is 16.3. The maximum absolute atomic E-state index is 16.1. The number of hydrogen-bond donors (Lipinski definition) is 0. The van der Waals surface area contributed by atoms with Crippen LogP contribution in [-0.2, 0) is 0 Å². The zero-order valence-electron chi connectivity index (χ0n) is 26.2. The van der Waals surface area contributed by atoms with Gasteiger partial charge in [-0.2, -0.15) is 26.3 Å². The van der Waals surface area contributed by atoms with E-state index in [4.69, 9.17) is 0 Å². The molecule has 1 aliphatic carbocycles. The van der Waals surface area contributed by atoms with Gasteiger partial charge in [-0.05, 0) is 74.2 Å². The maximum Gasteiger partial charge on any atom is 0.380 e. The molecule has 0 radical (unpaired) electrons. The average molecular weight is 737 g/mol. The fraction of sp³-hybridized carbons (Fsp3) is 0.128. The molecule has 0 nitrogen and oxygen atoms in total. The van der Waals surface area contributed by atoms with Crippen molar-refractivity contribution in [3.05, 3.63) is 154 Å². The second-order valence-electron chi connectivity index (χ2n) is 11.6. The number of aryl methyl sites for hydroxylation is 2. The minimum absolute atomic E-state index is 0.267. The third-order valence-electron chi connectivity index (χ3n) is 8.51. The molecule has 10 heteroatoms. The normalized spacial score (nSPS) is 16.5. The third kappa shape index (κ3) is 5.71. The van der Waals surface area contributed by atoms with Crippen LogP contribution < -0.4 is 30.5 Å². The lowest BCUT2D eigenvalue weighted by Gasteiger charge is -2.25. The highest BCUT2D eigenvalue weighted by Crippen LogP contribution is 2.65. The van der Waals surface area contributed by atoms with Crippen LogP contribution in [0.4, 0.5) is 26.3 Å². The molecule has 2 aromatic heterocycles. The molecule has 2 heterocycles. The summed E-state index contributed by atoms with van der Waals surface area (Å²) in [5.41, 5.74) is -3.13. The van der Waals surface area contributed by atoms with Gasteiger partial charge < -0.3 is 0 Å². The highest BCUT2D eigenvalue weighted by atomic mass is 32.1.